The molecule has 0 aromatic rings. The molecule has 2 heteroatoms. The molecule has 3 saturated carbocycles. The normalized spacial score (nSPS) is 50.1. The van der Waals surface area contributed by atoms with Crippen LogP contribution in [0.15, 0.2) is 11.6 Å². The second kappa shape index (κ2) is 5.45. The molecule has 0 heterocycles. The Hall–Kier alpha value is -1.10. The van der Waals surface area contributed by atoms with Gasteiger partial charge in [-0.3, -0.25) is 4.79 Å². The molecule has 0 aromatic heterocycles. The van der Waals surface area contributed by atoms with Gasteiger partial charge in [0, 0.05) is 11.5 Å². The Morgan fingerprint density at radius 1 is 1.12 bits per heavy atom. The van der Waals surface area contributed by atoms with Gasteiger partial charge in [-0.05, 0) is 92.8 Å². The molecule has 0 spiro atoms. The molecule has 4 aliphatic rings. The van der Waals surface area contributed by atoms with Gasteiger partial charge in [0.2, 0.25) is 0 Å². The molecule has 0 unspecified atom stereocenters. The lowest BCUT2D eigenvalue weighted by Gasteiger charge is -2.59. The number of rotatable bonds is 1. The number of allylic oxidation sites excluding steroid dienone is 2. The molecule has 24 heavy (non-hydrogen) atoms. The highest BCUT2D eigenvalue weighted by Crippen LogP contribution is 2.67. The van der Waals surface area contributed by atoms with Crippen LogP contribution in [0.3, 0.4) is 0 Å². The van der Waals surface area contributed by atoms with Crippen molar-refractivity contribution in [1.29, 1.82) is 5.26 Å². The number of fused-ring (bicyclic) bond motifs is 5. The van der Waals surface area contributed by atoms with Crippen LogP contribution in [0.2, 0.25) is 0 Å². The van der Waals surface area contributed by atoms with Crippen LogP contribution in [0.4, 0.5) is 0 Å². The van der Waals surface area contributed by atoms with E-state index in [1.165, 1.54) is 32.1 Å². The fraction of sp³-hybridized carbons (Fsp3) is 0.818. The van der Waals surface area contributed by atoms with Crippen molar-refractivity contribution in [3.05, 3.63) is 11.6 Å². The first-order valence-corrected chi connectivity index (χ1v) is 9.99. The SMILES string of the molecule is CC(=O)[C@H]1CC[C@H]2[C@@H]3CC[C@@H]4CC(C#N)=CC[C@]4(C)[C@H]3CC[C@]12C. The van der Waals surface area contributed by atoms with E-state index in [1.807, 2.05) is 6.92 Å². The van der Waals surface area contributed by atoms with Gasteiger partial charge in [-0.2, -0.15) is 5.26 Å². The average Bonchev–Trinajstić information content (AvgIpc) is 2.91. The average molecular weight is 325 g/mol. The Bertz CT molecular complexity index is 628. The largest absolute Gasteiger partial charge is 0.300 e. The monoisotopic (exact) mass is 325 g/mol. The summed E-state index contributed by atoms with van der Waals surface area (Å²) in [6, 6.07) is 2.41. The van der Waals surface area contributed by atoms with Gasteiger partial charge in [-0.1, -0.05) is 19.9 Å². The van der Waals surface area contributed by atoms with Gasteiger partial charge in [-0.25, -0.2) is 0 Å². The number of Topliss-reactive ketones (excluding diaryl/α,β-unsaturated/α-hetero) is 1. The summed E-state index contributed by atoms with van der Waals surface area (Å²) in [5.41, 5.74) is 1.67. The first-order valence-electron chi connectivity index (χ1n) is 9.99. The number of carbonyl (C=O) groups is 1. The van der Waals surface area contributed by atoms with E-state index in [0.717, 1.165) is 42.6 Å². The molecule has 0 saturated heterocycles. The number of carbonyl (C=O) groups excluding carboxylic acids is 1. The summed E-state index contributed by atoms with van der Waals surface area (Å²) in [7, 11) is 0. The van der Waals surface area contributed by atoms with Crippen molar-refractivity contribution in [2.24, 2.45) is 40.4 Å². The summed E-state index contributed by atoms with van der Waals surface area (Å²) in [5.74, 6) is 3.81. The van der Waals surface area contributed by atoms with Crippen molar-refractivity contribution >= 4 is 5.78 Å². The Labute approximate surface area is 146 Å². The maximum absolute atomic E-state index is 12.2. The minimum Gasteiger partial charge on any atom is -0.300 e. The Balaban J connectivity index is 1.63. The van der Waals surface area contributed by atoms with E-state index >= 15 is 0 Å². The maximum atomic E-state index is 12.2. The summed E-state index contributed by atoms with van der Waals surface area (Å²) in [6.45, 7) is 6.76. The molecule has 4 rings (SSSR count). The van der Waals surface area contributed by atoms with Crippen molar-refractivity contribution in [3.8, 4) is 6.07 Å². The van der Waals surface area contributed by atoms with E-state index in [0.29, 0.717) is 23.0 Å². The lowest BCUT2D eigenvalue weighted by molar-refractivity contribution is -0.131. The fourth-order valence-corrected chi connectivity index (χ4v) is 7.64. The topological polar surface area (TPSA) is 40.9 Å². The van der Waals surface area contributed by atoms with Crippen molar-refractivity contribution in [1.82, 2.24) is 0 Å². The van der Waals surface area contributed by atoms with Gasteiger partial charge in [-0.15, -0.1) is 0 Å². The van der Waals surface area contributed by atoms with Gasteiger partial charge in [0.05, 0.1) is 6.07 Å². The first-order chi connectivity index (χ1) is 11.4. The molecule has 2 nitrogen and oxygen atoms in total. The molecule has 0 radical (unpaired) electrons. The number of nitrogens with zero attached hydrogens (tertiary/aromatic N) is 1. The molecule has 0 N–H and O–H groups in total. The summed E-state index contributed by atoms with van der Waals surface area (Å²) in [6.07, 6.45) is 11.9. The molecule has 0 aromatic carbocycles. The second-order valence-electron chi connectivity index (χ2n) is 9.69. The predicted molar refractivity (Wildman–Crippen MR) is 95.0 cm³/mol. The van der Waals surface area contributed by atoms with Crippen molar-refractivity contribution < 1.29 is 4.79 Å². The van der Waals surface area contributed by atoms with Crippen LogP contribution < -0.4 is 0 Å². The molecule has 0 aliphatic heterocycles. The van der Waals surface area contributed by atoms with Gasteiger partial charge in [0.1, 0.15) is 5.78 Å². The Morgan fingerprint density at radius 3 is 2.58 bits per heavy atom. The number of nitriles is 1. The van der Waals surface area contributed by atoms with Crippen LogP contribution in [0, 0.1) is 51.8 Å². The van der Waals surface area contributed by atoms with Crippen molar-refractivity contribution in [2.45, 2.75) is 72.1 Å². The lowest BCUT2D eigenvalue weighted by Crippen LogP contribution is -2.52. The van der Waals surface area contributed by atoms with E-state index in [2.05, 4.69) is 26.0 Å². The highest BCUT2D eigenvalue weighted by Gasteiger charge is 2.60. The molecule has 0 bridgehead atoms. The Kier molecular flexibility index (Phi) is 3.72. The number of ketones is 1. The first kappa shape index (κ1) is 16.4. The van der Waals surface area contributed by atoms with Gasteiger partial charge in [0.25, 0.3) is 0 Å². The lowest BCUT2D eigenvalue weighted by atomic mass is 9.45. The third kappa shape index (κ3) is 2.09. The zero-order valence-electron chi connectivity index (χ0n) is 15.5. The number of hydrogen-bond donors (Lipinski definition) is 0. The van der Waals surface area contributed by atoms with Crippen LogP contribution in [0.5, 0.6) is 0 Å². The van der Waals surface area contributed by atoms with Crippen LogP contribution in [0.1, 0.15) is 72.1 Å². The van der Waals surface area contributed by atoms with E-state index in [1.54, 1.807) is 0 Å². The molecule has 4 aliphatic carbocycles. The number of hydrogen-bond acceptors (Lipinski definition) is 2. The van der Waals surface area contributed by atoms with Gasteiger partial charge < -0.3 is 0 Å². The quantitative estimate of drug-likeness (QED) is 0.657. The molecular formula is C22H31NO. The zero-order valence-corrected chi connectivity index (χ0v) is 15.5. The summed E-state index contributed by atoms with van der Waals surface area (Å²) in [4.78, 5) is 12.2. The third-order valence-corrected chi connectivity index (χ3v) is 8.95. The second-order valence-corrected chi connectivity index (χ2v) is 9.69. The molecular weight excluding hydrogens is 294 g/mol. The van der Waals surface area contributed by atoms with Crippen molar-refractivity contribution in [3.63, 3.8) is 0 Å². The summed E-state index contributed by atoms with van der Waals surface area (Å²) < 4.78 is 0. The highest BCUT2D eigenvalue weighted by atomic mass is 16.1. The van der Waals surface area contributed by atoms with E-state index in [4.69, 9.17) is 0 Å². The van der Waals surface area contributed by atoms with Crippen LogP contribution in [-0.2, 0) is 4.79 Å². The molecule has 7 atom stereocenters. The third-order valence-electron chi connectivity index (χ3n) is 8.95. The maximum Gasteiger partial charge on any atom is 0.133 e. The van der Waals surface area contributed by atoms with Crippen molar-refractivity contribution in [2.75, 3.05) is 0 Å². The Morgan fingerprint density at radius 2 is 1.88 bits per heavy atom. The zero-order chi connectivity index (χ0) is 17.1. The van der Waals surface area contributed by atoms with Crippen LogP contribution >= 0.6 is 0 Å². The smallest absolute Gasteiger partial charge is 0.133 e. The standard InChI is InChI=1S/C22H31NO/c1-14(24)18-6-7-19-17-5-4-16-12-15(13-23)8-10-21(16,2)20(17)9-11-22(18,19)3/h8,16-20H,4-7,9-12H2,1-3H3/t16-,17+,18-,19+,20+,21+,22-/m1/s1. The minimum atomic E-state index is 0.262. The predicted octanol–water partition coefficient (Wildman–Crippen LogP) is 5.29. The summed E-state index contributed by atoms with van der Waals surface area (Å²) in [5, 5.41) is 9.29. The highest BCUT2D eigenvalue weighted by molar-refractivity contribution is 5.79. The molecule has 0 amide bonds. The van der Waals surface area contributed by atoms with E-state index < -0.39 is 0 Å². The van der Waals surface area contributed by atoms with E-state index in [9.17, 15) is 10.1 Å². The molecule has 3 fully saturated rings. The minimum absolute atomic E-state index is 0.262. The van der Waals surface area contributed by atoms with Crippen LogP contribution in [0.25, 0.3) is 0 Å². The molecule has 130 valence electrons. The van der Waals surface area contributed by atoms with E-state index in [-0.39, 0.29) is 5.41 Å². The van der Waals surface area contributed by atoms with Crippen LogP contribution in [-0.4, -0.2) is 5.78 Å². The van der Waals surface area contributed by atoms with Gasteiger partial charge in [0.15, 0.2) is 0 Å². The summed E-state index contributed by atoms with van der Waals surface area (Å²) >= 11 is 0. The fourth-order valence-electron chi connectivity index (χ4n) is 7.64. The van der Waals surface area contributed by atoms with Gasteiger partial charge >= 0.3 is 0 Å².